The highest BCUT2D eigenvalue weighted by Crippen LogP contribution is 2.43. The summed E-state index contributed by atoms with van der Waals surface area (Å²) in [7, 11) is 0. The molecule has 156 valence electrons. The number of likely N-dealkylation sites (tertiary alicyclic amines) is 1. The number of aliphatic hydroxyl groups is 1. The van der Waals surface area contributed by atoms with E-state index in [1.54, 1.807) is 42.7 Å². The molecule has 8 heteroatoms. The molecule has 31 heavy (non-hydrogen) atoms. The summed E-state index contributed by atoms with van der Waals surface area (Å²) < 4.78 is 11.1. The molecule has 0 radical (unpaired) electrons. The van der Waals surface area contributed by atoms with Crippen molar-refractivity contribution in [2.45, 2.75) is 12.6 Å². The molecular formula is C23H18N2O5S. The van der Waals surface area contributed by atoms with Crippen LogP contribution in [0.4, 0.5) is 0 Å². The second kappa shape index (κ2) is 7.88. The van der Waals surface area contributed by atoms with Gasteiger partial charge in [-0.15, -0.1) is 11.3 Å². The minimum absolute atomic E-state index is 0.0678. The summed E-state index contributed by atoms with van der Waals surface area (Å²) in [5.74, 6) is -0.509. The number of fused-ring (bicyclic) bond motifs is 1. The molecule has 0 aliphatic carbocycles. The largest absolute Gasteiger partial charge is 0.507 e. The average Bonchev–Trinajstić information content (AvgIpc) is 3.42. The number of carbonyl (C=O) groups excluding carboxylic acids is 2. The fourth-order valence-corrected chi connectivity index (χ4v) is 4.66. The number of thiophene rings is 1. The van der Waals surface area contributed by atoms with Gasteiger partial charge in [0.1, 0.15) is 19.0 Å². The monoisotopic (exact) mass is 434 g/mol. The maximum absolute atomic E-state index is 13.0. The summed E-state index contributed by atoms with van der Waals surface area (Å²) in [6, 6.07) is 11.6. The number of benzene rings is 1. The van der Waals surface area contributed by atoms with Gasteiger partial charge in [-0.3, -0.25) is 14.6 Å². The Hall–Kier alpha value is -3.65. The van der Waals surface area contributed by atoms with E-state index in [1.165, 1.54) is 16.2 Å². The number of amides is 1. The molecule has 1 saturated heterocycles. The number of ether oxygens (including phenoxy) is 2. The summed E-state index contributed by atoms with van der Waals surface area (Å²) in [5, 5.41) is 13.0. The summed E-state index contributed by atoms with van der Waals surface area (Å²) in [5.41, 5.74) is 1.31. The van der Waals surface area contributed by atoms with Crippen LogP contribution in [0, 0.1) is 0 Å². The lowest BCUT2D eigenvalue weighted by Gasteiger charge is -2.24. The normalized spacial score (nSPS) is 19.6. The van der Waals surface area contributed by atoms with Gasteiger partial charge in [-0.2, -0.15) is 0 Å². The number of ketones is 1. The highest BCUT2D eigenvalue weighted by atomic mass is 32.1. The number of pyridine rings is 1. The second-order valence-corrected chi connectivity index (χ2v) is 8.14. The third-order valence-electron chi connectivity index (χ3n) is 5.27. The van der Waals surface area contributed by atoms with Crippen LogP contribution in [0.3, 0.4) is 0 Å². The fraction of sp³-hybridized carbons (Fsp3) is 0.174. The quantitative estimate of drug-likeness (QED) is 0.384. The zero-order valence-corrected chi connectivity index (χ0v) is 17.2. The Kier molecular flexibility index (Phi) is 4.91. The molecular weight excluding hydrogens is 416 g/mol. The van der Waals surface area contributed by atoms with E-state index in [2.05, 4.69) is 4.98 Å². The first kappa shape index (κ1) is 19.3. The van der Waals surface area contributed by atoms with Crippen molar-refractivity contribution in [3.8, 4) is 11.5 Å². The second-order valence-electron chi connectivity index (χ2n) is 7.16. The van der Waals surface area contributed by atoms with E-state index >= 15 is 0 Å². The van der Waals surface area contributed by atoms with Crippen LogP contribution in [-0.2, 0) is 16.1 Å². The maximum Gasteiger partial charge on any atom is 0.295 e. The first-order valence-corrected chi connectivity index (χ1v) is 10.6. The van der Waals surface area contributed by atoms with Gasteiger partial charge in [0, 0.05) is 29.4 Å². The number of aromatic nitrogens is 1. The molecule has 5 rings (SSSR count). The van der Waals surface area contributed by atoms with Crippen LogP contribution >= 0.6 is 11.3 Å². The minimum atomic E-state index is -0.708. The standard InChI is InChI=1S/C23H18N2O5S/c26-21(15-3-4-16-17(12-15)30-10-9-29-16)19-20(18-2-1-11-31-18)25(23(28)22(19)27)13-14-5-7-24-8-6-14/h1-8,11-12,20,26H,9-10,13H2/t20-/m1/s1. The first-order valence-electron chi connectivity index (χ1n) is 9.74. The van der Waals surface area contributed by atoms with Crippen molar-refractivity contribution >= 4 is 28.8 Å². The van der Waals surface area contributed by atoms with Gasteiger partial charge in [0.05, 0.1) is 11.6 Å². The number of rotatable bonds is 4. The van der Waals surface area contributed by atoms with Gasteiger partial charge < -0.3 is 19.5 Å². The van der Waals surface area contributed by atoms with Gasteiger partial charge in [-0.25, -0.2) is 0 Å². The van der Waals surface area contributed by atoms with Gasteiger partial charge in [-0.05, 0) is 47.3 Å². The number of nitrogens with zero attached hydrogens (tertiary/aromatic N) is 2. The predicted octanol–water partition coefficient (Wildman–Crippen LogP) is 3.54. The number of aliphatic hydroxyl groups excluding tert-OH is 1. The Bertz CT molecular complexity index is 1170. The summed E-state index contributed by atoms with van der Waals surface area (Å²) in [6.07, 6.45) is 3.28. The third kappa shape index (κ3) is 3.44. The van der Waals surface area contributed by atoms with Crippen molar-refractivity contribution in [1.29, 1.82) is 0 Å². The van der Waals surface area contributed by atoms with Crippen LogP contribution in [0.25, 0.3) is 5.76 Å². The maximum atomic E-state index is 13.0. The van der Waals surface area contributed by atoms with E-state index < -0.39 is 17.7 Å². The Morgan fingerprint density at radius 2 is 1.87 bits per heavy atom. The van der Waals surface area contributed by atoms with E-state index in [4.69, 9.17) is 9.47 Å². The molecule has 0 unspecified atom stereocenters. The molecule has 0 spiro atoms. The van der Waals surface area contributed by atoms with Gasteiger partial charge >= 0.3 is 0 Å². The molecule has 1 amide bonds. The third-order valence-corrected chi connectivity index (χ3v) is 6.20. The van der Waals surface area contributed by atoms with Crippen LogP contribution in [0.15, 0.2) is 65.8 Å². The lowest BCUT2D eigenvalue weighted by molar-refractivity contribution is -0.140. The van der Waals surface area contributed by atoms with Crippen molar-refractivity contribution in [1.82, 2.24) is 9.88 Å². The molecule has 2 aliphatic heterocycles. The Balaban J connectivity index is 1.60. The molecule has 4 heterocycles. The highest BCUT2D eigenvalue weighted by Gasteiger charge is 2.46. The van der Waals surface area contributed by atoms with Crippen LogP contribution in [0.2, 0.25) is 0 Å². The van der Waals surface area contributed by atoms with E-state index in [-0.39, 0.29) is 17.9 Å². The van der Waals surface area contributed by atoms with Crippen molar-refractivity contribution in [3.05, 3.63) is 81.8 Å². The SMILES string of the molecule is O=C1C(=O)N(Cc2ccncc2)[C@H](c2cccs2)C1=C(O)c1ccc2c(c1)OCCO2. The molecule has 1 N–H and O–H groups in total. The molecule has 0 bridgehead atoms. The molecule has 2 aliphatic rings. The van der Waals surface area contributed by atoms with Crippen molar-refractivity contribution in [3.63, 3.8) is 0 Å². The number of Topliss-reactive ketones (excluding diaryl/α,β-unsaturated/α-hetero) is 1. The zero-order valence-electron chi connectivity index (χ0n) is 16.4. The van der Waals surface area contributed by atoms with Crippen molar-refractivity contribution in [2.75, 3.05) is 13.2 Å². The van der Waals surface area contributed by atoms with E-state index in [1.807, 2.05) is 17.5 Å². The molecule has 0 saturated carbocycles. The minimum Gasteiger partial charge on any atom is -0.507 e. The van der Waals surface area contributed by atoms with Crippen LogP contribution in [-0.4, -0.2) is 39.9 Å². The van der Waals surface area contributed by atoms with E-state index in [0.717, 1.165) is 10.4 Å². The molecule has 7 nitrogen and oxygen atoms in total. The van der Waals surface area contributed by atoms with Gasteiger partial charge in [-0.1, -0.05) is 6.07 Å². The number of carbonyl (C=O) groups is 2. The first-order chi connectivity index (χ1) is 15.1. The Morgan fingerprint density at radius 3 is 2.61 bits per heavy atom. The lowest BCUT2D eigenvalue weighted by atomic mass is 9.99. The van der Waals surface area contributed by atoms with E-state index in [0.29, 0.717) is 30.3 Å². The molecule has 3 aromatic rings. The van der Waals surface area contributed by atoms with E-state index in [9.17, 15) is 14.7 Å². The zero-order chi connectivity index (χ0) is 21.4. The number of hydrogen-bond donors (Lipinski definition) is 1. The van der Waals surface area contributed by atoms with Gasteiger partial charge in [0.25, 0.3) is 11.7 Å². The number of hydrogen-bond acceptors (Lipinski definition) is 7. The summed E-state index contributed by atoms with van der Waals surface area (Å²) in [6.45, 7) is 1.09. The Labute approximate surface area is 182 Å². The molecule has 2 aromatic heterocycles. The van der Waals surface area contributed by atoms with Crippen LogP contribution in [0.1, 0.15) is 22.0 Å². The van der Waals surface area contributed by atoms with Crippen LogP contribution in [0.5, 0.6) is 11.5 Å². The van der Waals surface area contributed by atoms with Gasteiger partial charge in [0.15, 0.2) is 11.5 Å². The summed E-state index contributed by atoms with van der Waals surface area (Å²) >= 11 is 1.43. The predicted molar refractivity (Wildman–Crippen MR) is 114 cm³/mol. The average molecular weight is 434 g/mol. The topological polar surface area (TPSA) is 89.0 Å². The lowest BCUT2D eigenvalue weighted by Crippen LogP contribution is -2.28. The van der Waals surface area contributed by atoms with Gasteiger partial charge in [0.2, 0.25) is 0 Å². The van der Waals surface area contributed by atoms with Crippen LogP contribution < -0.4 is 9.47 Å². The molecule has 1 aromatic carbocycles. The molecule has 1 fully saturated rings. The fourth-order valence-electron chi connectivity index (χ4n) is 3.82. The highest BCUT2D eigenvalue weighted by molar-refractivity contribution is 7.10. The van der Waals surface area contributed by atoms with Crippen molar-refractivity contribution in [2.24, 2.45) is 0 Å². The summed E-state index contributed by atoms with van der Waals surface area (Å²) in [4.78, 5) is 32.3. The molecule has 1 atom stereocenters. The van der Waals surface area contributed by atoms with Crippen molar-refractivity contribution < 1.29 is 24.2 Å². The smallest absolute Gasteiger partial charge is 0.295 e. The Morgan fingerprint density at radius 1 is 1.10 bits per heavy atom.